The Bertz CT molecular complexity index is 1200. The summed E-state index contributed by atoms with van der Waals surface area (Å²) in [5, 5.41) is 23.0. The number of nitrogens with zero attached hydrogens (tertiary/aromatic N) is 3. The SMILES string of the molecule is Cc1cc(-c2nc3cc(CN[C@H](C(=O)OC(C)C)[C@@H](C)O)ccc3n2C(C)CO)cn(C)c1=O. The molecule has 3 aromatic rings. The van der Waals surface area contributed by atoms with Crippen molar-refractivity contribution in [3.05, 3.63) is 51.9 Å². The third-order valence-corrected chi connectivity index (χ3v) is 5.69. The molecule has 0 saturated carbocycles. The van der Waals surface area contributed by atoms with E-state index in [1.165, 1.54) is 4.57 Å². The maximum Gasteiger partial charge on any atom is 0.326 e. The molecule has 0 bridgehead atoms. The van der Waals surface area contributed by atoms with Gasteiger partial charge in [-0.25, -0.2) is 4.98 Å². The van der Waals surface area contributed by atoms with Gasteiger partial charge in [0.15, 0.2) is 0 Å². The van der Waals surface area contributed by atoms with Crippen LogP contribution in [0.15, 0.2) is 35.3 Å². The number of aliphatic hydroxyl groups is 2. The molecule has 0 amide bonds. The van der Waals surface area contributed by atoms with Gasteiger partial charge in [0.1, 0.15) is 11.9 Å². The number of carbonyl (C=O) groups excluding carboxylic acids is 1. The number of pyridine rings is 1. The number of fused-ring (bicyclic) bond motifs is 1. The highest BCUT2D eigenvalue weighted by molar-refractivity contribution is 5.81. The molecule has 1 aromatic carbocycles. The van der Waals surface area contributed by atoms with Crippen molar-refractivity contribution in [3.8, 4) is 11.4 Å². The Morgan fingerprint density at radius 2 is 1.91 bits per heavy atom. The second-order valence-corrected chi connectivity index (χ2v) is 9.07. The Labute approximate surface area is 199 Å². The summed E-state index contributed by atoms with van der Waals surface area (Å²) < 4.78 is 8.73. The van der Waals surface area contributed by atoms with E-state index in [0.717, 1.165) is 22.2 Å². The first-order valence-corrected chi connectivity index (χ1v) is 11.4. The number of aromatic nitrogens is 3. The lowest BCUT2D eigenvalue weighted by Crippen LogP contribution is -2.46. The molecule has 0 aliphatic heterocycles. The van der Waals surface area contributed by atoms with Gasteiger partial charge in [-0.1, -0.05) is 6.07 Å². The zero-order valence-electron chi connectivity index (χ0n) is 20.6. The number of benzene rings is 1. The van der Waals surface area contributed by atoms with E-state index < -0.39 is 18.1 Å². The van der Waals surface area contributed by atoms with Crippen molar-refractivity contribution in [2.45, 2.75) is 65.5 Å². The Hall–Kier alpha value is -3.01. The second kappa shape index (κ2) is 10.5. The van der Waals surface area contributed by atoms with Gasteiger partial charge in [-0.15, -0.1) is 0 Å². The van der Waals surface area contributed by atoms with Crippen molar-refractivity contribution in [2.24, 2.45) is 7.05 Å². The van der Waals surface area contributed by atoms with Gasteiger partial charge in [0.2, 0.25) is 0 Å². The van der Waals surface area contributed by atoms with E-state index in [2.05, 4.69) is 5.32 Å². The van der Waals surface area contributed by atoms with E-state index in [1.807, 2.05) is 29.7 Å². The normalized spacial score (nSPS) is 14.4. The Balaban J connectivity index is 1.98. The summed E-state index contributed by atoms with van der Waals surface area (Å²) in [7, 11) is 1.70. The van der Waals surface area contributed by atoms with Crippen LogP contribution in [0.1, 0.15) is 44.9 Å². The number of aryl methyl sites for hydroxylation is 2. The molecule has 3 atom stereocenters. The van der Waals surface area contributed by atoms with Crippen molar-refractivity contribution >= 4 is 17.0 Å². The average Bonchev–Trinajstić information content (AvgIpc) is 3.14. The largest absolute Gasteiger partial charge is 0.462 e. The average molecular weight is 471 g/mol. The number of hydrogen-bond donors (Lipinski definition) is 3. The number of ether oxygens (including phenoxy) is 1. The highest BCUT2D eigenvalue weighted by Gasteiger charge is 2.26. The first-order valence-electron chi connectivity index (χ1n) is 11.4. The Morgan fingerprint density at radius 3 is 2.50 bits per heavy atom. The van der Waals surface area contributed by atoms with Gasteiger partial charge in [-0.2, -0.15) is 0 Å². The number of rotatable bonds is 9. The quantitative estimate of drug-likeness (QED) is 0.410. The van der Waals surface area contributed by atoms with Gasteiger partial charge in [-0.3, -0.25) is 14.9 Å². The molecule has 9 heteroatoms. The van der Waals surface area contributed by atoms with Crippen LogP contribution < -0.4 is 10.9 Å². The first kappa shape index (κ1) is 25.6. The highest BCUT2D eigenvalue weighted by atomic mass is 16.5. The third kappa shape index (κ3) is 5.38. The van der Waals surface area contributed by atoms with Crippen LogP contribution >= 0.6 is 0 Å². The zero-order chi connectivity index (χ0) is 25.2. The second-order valence-electron chi connectivity index (χ2n) is 9.07. The van der Waals surface area contributed by atoms with Crippen LogP contribution in [0.25, 0.3) is 22.4 Å². The number of esters is 1. The Morgan fingerprint density at radius 1 is 1.21 bits per heavy atom. The fourth-order valence-corrected chi connectivity index (χ4v) is 3.97. The predicted octanol–water partition coefficient (Wildman–Crippen LogP) is 2.05. The summed E-state index contributed by atoms with van der Waals surface area (Å²) in [6, 6.07) is 6.48. The van der Waals surface area contributed by atoms with Gasteiger partial charge in [0, 0.05) is 30.9 Å². The van der Waals surface area contributed by atoms with Crippen LogP contribution in [0.2, 0.25) is 0 Å². The van der Waals surface area contributed by atoms with Crippen LogP contribution in [0.3, 0.4) is 0 Å². The summed E-state index contributed by atoms with van der Waals surface area (Å²) in [4.78, 5) is 29.3. The third-order valence-electron chi connectivity index (χ3n) is 5.69. The number of imidazole rings is 1. The van der Waals surface area contributed by atoms with E-state index in [9.17, 15) is 19.8 Å². The van der Waals surface area contributed by atoms with E-state index in [0.29, 0.717) is 17.9 Å². The minimum Gasteiger partial charge on any atom is -0.462 e. The molecule has 184 valence electrons. The van der Waals surface area contributed by atoms with Crippen molar-refractivity contribution in [1.29, 1.82) is 0 Å². The molecule has 34 heavy (non-hydrogen) atoms. The molecule has 0 aliphatic rings. The van der Waals surface area contributed by atoms with E-state index in [1.54, 1.807) is 47.0 Å². The van der Waals surface area contributed by atoms with Crippen LogP contribution in [0, 0.1) is 6.92 Å². The molecule has 2 heterocycles. The summed E-state index contributed by atoms with van der Waals surface area (Å²) in [5.41, 5.74) is 3.76. The van der Waals surface area contributed by atoms with Gasteiger partial charge in [0.05, 0.1) is 35.9 Å². The molecule has 0 spiro atoms. The van der Waals surface area contributed by atoms with Crippen molar-refractivity contribution in [1.82, 2.24) is 19.4 Å². The number of nitrogens with one attached hydrogen (secondary N) is 1. The molecule has 2 aromatic heterocycles. The lowest BCUT2D eigenvalue weighted by atomic mass is 10.1. The molecule has 3 N–H and O–H groups in total. The Kier molecular flexibility index (Phi) is 7.91. The smallest absolute Gasteiger partial charge is 0.326 e. The van der Waals surface area contributed by atoms with Crippen LogP contribution in [-0.2, 0) is 23.1 Å². The van der Waals surface area contributed by atoms with Crippen molar-refractivity contribution < 1.29 is 19.7 Å². The first-order chi connectivity index (χ1) is 16.0. The molecular formula is C25H34N4O5. The molecule has 1 unspecified atom stereocenters. The standard InChI is InChI=1S/C25H34N4O5/c1-14(2)34-25(33)22(17(5)31)26-11-18-7-8-21-20(10-18)27-23(29(21)16(4)13-30)19-9-15(3)24(32)28(6)12-19/h7-10,12,14,16-17,22,26,30-31H,11,13H2,1-6H3/t16?,17-,22+/m1/s1. The highest BCUT2D eigenvalue weighted by Crippen LogP contribution is 2.29. The van der Waals surface area contributed by atoms with Crippen LogP contribution in [0.5, 0.6) is 0 Å². The zero-order valence-corrected chi connectivity index (χ0v) is 20.6. The summed E-state index contributed by atoms with van der Waals surface area (Å²) >= 11 is 0. The van der Waals surface area contributed by atoms with Crippen LogP contribution in [0.4, 0.5) is 0 Å². The van der Waals surface area contributed by atoms with Crippen molar-refractivity contribution in [3.63, 3.8) is 0 Å². The number of carbonyl (C=O) groups is 1. The maximum absolute atomic E-state index is 12.3. The molecular weight excluding hydrogens is 436 g/mol. The predicted molar refractivity (Wildman–Crippen MR) is 130 cm³/mol. The minimum absolute atomic E-state index is 0.0689. The van der Waals surface area contributed by atoms with Crippen molar-refractivity contribution in [2.75, 3.05) is 6.61 Å². The molecule has 0 fully saturated rings. The molecule has 3 rings (SSSR count). The van der Waals surface area contributed by atoms with Crippen LogP contribution in [-0.4, -0.2) is 55.2 Å². The van der Waals surface area contributed by atoms with Gasteiger partial charge < -0.3 is 24.1 Å². The monoisotopic (exact) mass is 470 g/mol. The summed E-state index contributed by atoms with van der Waals surface area (Å²) in [6.45, 7) is 9.00. The van der Waals surface area contributed by atoms with E-state index in [-0.39, 0.29) is 24.3 Å². The number of hydrogen-bond acceptors (Lipinski definition) is 7. The van der Waals surface area contributed by atoms with Gasteiger partial charge in [0.25, 0.3) is 5.56 Å². The fraction of sp³-hybridized carbons (Fsp3) is 0.480. The molecule has 0 saturated heterocycles. The minimum atomic E-state index is -0.917. The lowest BCUT2D eigenvalue weighted by Gasteiger charge is -2.21. The van der Waals surface area contributed by atoms with Gasteiger partial charge in [-0.05, 0) is 58.4 Å². The maximum atomic E-state index is 12.3. The molecule has 0 aliphatic carbocycles. The molecule has 0 radical (unpaired) electrons. The lowest BCUT2D eigenvalue weighted by molar-refractivity contribution is -0.152. The summed E-state index contributed by atoms with van der Waals surface area (Å²) in [6.07, 6.45) is 0.552. The fourth-order valence-electron chi connectivity index (χ4n) is 3.97. The topological polar surface area (TPSA) is 119 Å². The van der Waals surface area contributed by atoms with E-state index in [4.69, 9.17) is 9.72 Å². The summed E-state index contributed by atoms with van der Waals surface area (Å²) in [5.74, 6) is 0.155. The van der Waals surface area contributed by atoms with Gasteiger partial charge >= 0.3 is 5.97 Å². The van der Waals surface area contributed by atoms with E-state index >= 15 is 0 Å². The molecule has 9 nitrogen and oxygen atoms in total. The number of aliphatic hydroxyl groups excluding tert-OH is 2.